The van der Waals surface area contributed by atoms with Crippen LogP contribution < -0.4 is 0 Å². The van der Waals surface area contributed by atoms with E-state index in [2.05, 4.69) is 6.92 Å². The molecule has 1 rings (SSSR count). The van der Waals surface area contributed by atoms with Crippen LogP contribution in [0.15, 0.2) is 0 Å². The number of likely N-dealkylation sites (tertiary alicyclic amines) is 1. The first-order valence-electron chi connectivity index (χ1n) is 4.57. The third kappa shape index (κ3) is 2.85. The maximum atomic E-state index is 10.9. The minimum Gasteiger partial charge on any atom is -0.378 e. The number of halogens is 1. The third-order valence-electron chi connectivity index (χ3n) is 2.79. The SMILES string of the molecule is COC1(C)CCCN(C(=O)Cl)CC1. The van der Waals surface area contributed by atoms with Gasteiger partial charge in [0.15, 0.2) is 0 Å². The minimum atomic E-state index is -0.347. The van der Waals surface area contributed by atoms with Gasteiger partial charge >= 0.3 is 5.37 Å². The Bertz CT molecular complexity index is 198. The van der Waals surface area contributed by atoms with Crippen LogP contribution in [0.4, 0.5) is 4.79 Å². The van der Waals surface area contributed by atoms with Crippen molar-refractivity contribution in [3.63, 3.8) is 0 Å². The van der Waals surface area contributed by atoms with Crippen LogP contribution in [-0.2, 0) is 4.74 Å². The molecule has 1 unspecified atom stereocenters. The van der Waals surface area contributed by atoms with E-state index in [0.717, 1.165) is 25.8 Å². The van der Waals surface area contributed by atoms with E-state index in [4.69, 9.17) is 16.3 Å². The molecule has 0 N–H and O–H groups in total. The zero-order chi connectivity index (χ0) is 9.90. The van der Waals surface area contributed by atoms with Crippen LogP contribution in [0.1, 0.15) is 26.2 Å². The zero-order valence-corrected chi connectivity index (χ0v) is 8.93. The van der Waals surface area contributed by atoms with Crippen LogP contribution in [0, 0.1) is 0 Å². The van der Waals surface area contributed by atoms with E-state index in [-0.39, 0.29) is 11.0 Å². The van der Waals surface area contributed by atoms with Crippen molar-refractivity contribution in [2.75, 3.05) is 20.2 Å². The molecule has 0 aliphatic carbocycles. The summed E-state index contributed by atoms with van der Waals surface area (Å²) in [4.78, 5) is 12.6. The highest BCUT2D eigenvalue weighted by Gasteiger charge is 2.28. The summed E-state index contributed by atoms with van der Waals surface area (Å²) < 4.78 is 5.41. The number of hydrogen-bond acceptors (Lipinski definition) is 2. The van der Waals surface area contributed by atoms with Gasteiger partial charge in [0.25, 0.3) is 0 Å². The lowest BCUT2D eigenvalue weighted by molar-refractivity contribution is -0.00485. The molecule has 0 aromatic rings. The minimum absolute atomic E-state index is 0.0823. The average Bonchev–Trinajstić information content (AvgIpc) is 2.28. The van der Waals surface area contributed by atoms with Gasteiger partial charge in [-0.2, -0.15) is 0 Å². The second-order valence-electron chi connectivity index (χ2n) is 3.75. The number of methoxy groups -OCH3 is 1. The predicted molar refractivity (Wildman–Crippen MR) is 52.1 cm³/mol. The van der Waals surface area contributed by atoms with E-state index in [1.54, 1.807) is 12.0 Å². The Balaban J connectivity index is 2.53. The number of nitrogens with zero attached hydrogens (tertiary/aromatic N) is 1. The molecule has 0 spiro atoms. The Hall–Kier alpha value is -0.280. The van der Waals surface area contributed by atoms with Crippen molar-refractivity contribution in [1.82, 2.24) is 4.90 Å². The lowest BCUT2D eigenvalue weighted by Gasteiger charge is -2.26. The highest BCUT2D eigenvalue weighted by Crippen LogP contribution is 2.25. The van der Waals surface area contributed by atoms with Gasteiger partial charge < -0.3 is 9.64 Å². The van der Waals surface area contributed by atoms with E-state index in [1.165, 1.54) is 0 Å². The molecule has 1 atom stereocenters. The van der Waals surface area contributed by atoms with Crippen LogP contribution in [0.3, 0.4) is 0 Å². The second kappa shape index (κ2) is 4.29. The predicted octanol–water partition coefficient (Wildman–Crippen LogP) is 2.24. The highest BCUT2D eigenvalue weighted by molar-refractivity contribution is 6.62. The zero-order valence-electron chi connectivity index (χ0n) is 8.18. The van der Waals surface area contributed by atoms with Gasteiger partial charge in [-0.3, -0.25) is 4.79 Å². The molecule has 1 saturated heterocycles. The first-order chi connectivity index (χ1) is 6.07. The lowest BCUT2D eigenvalue weighted by atomic mass is 9.97. The Morgan fingerprint density at radius 3 is 2.69 bits per heavy atom. The molecule has 3 nitrogen and oxygen atoms in total. The number of amides is 1. The van der Waals surface area contributed by atoms with Gasteiger partial charge in [0.1, 0.15) is 0 Å². The molecule has 13 heavy (non-hydrogen) atoms. The molecule has 0 radical (unpaired) electrons. The van der Waals surface area contributed by atoms with Crippen molar-refractivity contribution in [3.05, 3.63) is 0 Å². The Morgan fingerprint density at radius 2 is 2.15 bits per heavy atom. The van der Waals surface area contributed by atoms with Crippen LogP contribution >= 0.6 is 11.6 Å². The molecule has 1 fully saturated rings. The Labute approximate surface area is 84.0 Å². The summed E-state index contributed by atoms with van der Waals surface area (Å²) in [6.45, 7) is 3.53. The van der Waals surface area contributed by atoms with Crippen LogP contribution in [0.25, 0.3) is 0 Å². The standard InChI is InChI=1S/C9H16ClNO2/c1-9(13-2)4-3-6-11(7-5-9)8(10)12/h3-7H2,1-2H3. The quantitative estimate of drug-likeness (QED) is 0.486. The van der Waals surface area contributed by atoms with Crippen molar-refractivity contribution in [1.29, 1.82) is 0 Å². The maximum Gasteiger partial charge on any atom is 0.316 e. The summed E-state index contributed by atoms with van der Waals surface area (Å²) in [5.41, 5.74) is -0.0823. The summed E-state index contributed by atoms with van der Waals surface area (Å²) in [6.07, 6.45) is 2.81. The van der Waals surface area contributed by atoms with Crippen molar-refractivity contribution in [3.8, 4) is 0 Å². The fraction of sp³-hybridized carbons (Fsp3) is 0.889. The first kappa shape index (κ1) is 10.8. The second-order valence-corrected chi connectivity index (χ2v) is 4.07. The normalized spacial score (nSPS) is 29.9. The topological polar surface area (TPSA) is 29.5 Å². The van der Waals surface area contributed by atoms with Crippen molar-refractivity contribution >= 4 is 17.0 Å². The molecule has 0 bridgehead atoms. The largest absolute Gasteiger partial charge is 0.378 e. The van der Waals surface area contributed by atoms with Crippen molar-refractivity contribution < 1.29 is 9.53 Å². The van der Waals surface area contributed by atoms with Crippen molar-refractivity contribution in [2.24, 2.45) is 0 Å². The number of rotatable bonds is 1. The monoisotopic (exact) mass is 205 g/mol. The summed E-state index contributed by atoms with van der Waals surface area (Å²) in [5, 5.41) is -0.347. The Morgan fingerprint density at radius 1 is 1.46 bits per heavy atom. The number of carbonyl (C=O) groups is 1. The molecule has 1 amide bonds. The van der Waals surface area contributed by atoms with Gasteiger partial charge in [-0.1, -0.05) is 0 Å². The van der Waals surface area contributed by atoms with E-state index in [0.29, 0.717) is 6.54 Å². The van der Waals surface area contributed by atoms with Gasteiger partial charge in [0, 0.05) is 20.2 Å². The molecular weight excluding hydrogens is 190 g/mol. The van der Waals surface area contributed by atoms with Gasteiger partial charge in [0.05, 0.1) is 5.60 Å². The molecule has 0 aromatic heterocycles. The number of ether oxygens (including phenoxy) is 1. The summed E-state index contributed by atoms with van der Waals surface area (Å²) >= 11 is 5.41. The molecule has 0 aromatic carbocycles. The fourth-order valence-corrected chi connectivity index (χ4v) is 1.80. The first-order valence-corrected chi connectivity index (χ1v) is 4.95. The third-order valence-corrected chi connectivity index (χ3v) is 3.02. The van der Waals surface area contributed by atoms with E-state index >= 15 is 0 Å². The van der Waals surface area contributed by atoms with Crippen LogP contribution in [0.2, 0.25) is 0 Å². The van der Waals surface area contributed by atoms with E-state index in [9.17, 15) is 4.79 Å². The lowest BCUT2D eigenvalue weighted by Crippen LogP contribution is -2.31. The Kier molecular flexibility index (Phi) is 3.56. The van der Waals surface area contributed by atoms with Crippen LogP contribution in [0.5, 0.6) is 0 Å². The molecule has 0 saturated carbocycles. The summed E-state index contributed by atoms with van der Waals surface area (Å²) in [6, 6.07) is 0. The number of carbonyl (C=O) groups excluding carboxylic acids is 1. The summed E-state index contributed by atoms with van der Waals surface area (Å²) in [5.74, 6) is 0. The number of hydrogen-bond donors (Lipinski definition) is 0. The highest BCUT2D eigenvalue weighted by atomic mass is 35.5. The molecule has 1 aliphatic rings. The van der Waals surface area contributed by atoms with Gasteiger partial charge in [-0.05, 0) is 37.8 Å². The van der Waals surface area contributed by atoms with Gasteiger partial charge in [-0.15, -0.1) is 0 Å². The average molecular weight is 206 g/mol. The molecule has 1 aliphatic heterocycles. The molecule has 4 heteroatoms. The van der Waals surface area contributed by atoms with Gasteiger partial charge in [0.2, 0.25) is 0 Å². The van der Waals surface area contributed by atoms with E-state index < -0.39 is 0 Å². The van der Waals surface area contributed by atoms with Crippen LogP contribution in [-0.4, -0.2) is 36.1 Å². The van der Waals surface area contributed by atoms with E-state index in [1.807, 2.05) is 0 Å². The van der Waals surface area contributed by atoms with Crippen molar-refractivity contribution in [2.45, 2.75) is 31.8 Å². The molecule has 76 valence electrons. The molecular formula is C9H16ClNO2. The summed E-state index contributed by atoms with van der Waals surface area (Å²) in [7, 11) is 1.72. The fourth-order valence-electron chi connectivity index (χ4n) is 1.63. The van der Waals surface area contributed by atoms with Gasteiger partial charge in [-0.25, -0.2) is 0 Å². The molecule has 1 heterocycles. The smallest absolute Gasteiger partial charge is 0.316 e. The maximum absolute atomic E-state index is 10.9.